The molecule has 0 amide bonds. The molecule has 0 aliphatic carbocycles. The minimum atomic E-state index is 0.259. The fourth-order valence-electron chi connectivity index (χ4n) is 2.72. The fraction of sp³-hybridized carbons (Fsp3) is 0.562. The van der Waals surface area contributed by atoms with Gasteiger partial charge >= 0.3 is 0 Å². The van der Waals surface area contributed by atoms with Crippen LogP contribution in [0.4, 0.5) is 0 Å². The van der Waals surface area contributed by atoms with Crippen molar-refractivity contribution in [3.8, 4) is 0 Å². The molecule has 104 valence electrons. The first kappa shape index (κ1) is 14.2. The maximum absolute atomic E-state index is 12.2. The number of Topliss-reactive ketones (excluding diaryl/α,β-unsaturated/α-hetero) is 1. The van der Waals surface area contributed by atoms with Crippen LogP contribution < -0.4 is 0 Å². The van der Waals surface area contributed by atoms with E-state index in [1.165, 1.54) is 0 Å². The Labute approximate surface area is 116 Å². The monoisotopic (exact) mass is 260 g/mol. The molecule has 1 unspecified atom stereocenters. The zero-order valence-corrected chi connectivity index (χ0v) is 12.2. The number of carbonyl (C=O) groups excluding carboxylic acids is 1. The molecule has 1 saturated heterocycles. The topological polar surface area (TPSA) is 23.6 Å². The minimum Gasteiger partial charge on any atom is -0.304 e. The lowest BCUT2D eigenvalue weighted by molar-refractivity contribution is 0.0843. The van der Waals surface area contributed by atoms with Crippen LogP contribution in [0.1, 0.15) is 29.3 Å². The molecule has 2 rings (SSSR count). The van der Waals surface area contributed by atoms with E-state index in [-0.39, 0.29) is 5.78 Å². The van der Waals surface area contributed by atoms with E-state index in [0.717, 1.165) is 37.3 Å². The van der Waals surface area contributed by atoms with Crippen molar-refractivity contribution in [3.63, 3.8) is 0 Å². The van der Waals surface area contributed by atoms with Crippen molar-refractivity contribution in [2.24, 2.45) is 0 Å². The van der Waals surface area contributed by atoms with Gasteiger partial charge in [-0.05, 0) is 27.0 Å². The summed E-state index contributed by atoms with van der Waals surface area (Å²) in [6, 6.07) is 8.43. The number of likely N-dealkylation sites (N-methyl/N-ethyl adjacent to an activating group) is 1. The molecule has 3 nitrogen and oxygen atoms in total. The van der Waals surface area contributed by atoms with Crippen molar-refractivity contribution >= 4 is 5.78 Å². The molecule has 1 fully saturated rings. The Kier molecular flexibility index (Phi) is 4.72. The molecular weight excluding hydrogens is 236 g/mol. The number of nitrogens with zero attached hydrogens (tertiary/aromatic N) is 2. The van der Waals surface area contributed by atoms with Crippen LogP contribution in [0.2, 0.25) is 0 Å². The fourth-order valence-corrected chi connectivity index (χ4v) is 2.72. The Hall–Kier alpha value is -1.19. The van der Waals surface area contributed by atoms with Crippen molar-refractivity contribution in [1.82, 2.24) is 9.80 Å². The number of carbonyl (C=O) groups is 1. The third kappa shape index (κ3) is 3.88. The van der Waals surface area contributed by atoms with E-state index < -0.39 is 0 Å². The molecule has 1 aromatic carbocycles. The van der Waals surface area contributed by atoms with Gasteiger partial charge in [0.15, 0.2) is 5.78 Å². The van der Waals surface area contributed by atoms with Gasteiger partial charge in [-0.1, -0.05) is 23.8 Å². The second kappa shape index (κ2) is 6.31. The van der Waals surface area contributed by atoms with Crippen molar-refractivity contribution < 1.29 is 4.79 Å². The Bertz CT molecular complexity index is 444. The number of hydrogen-bond donors (Lipinski definition) is 0. The summed E-state index contributed by atoms with van der Waals surface area (Å²) in [5, 5.41) is 0. The quantitative estimate of drug-likeness (QED) is 0.775. The van der Waals surface area contributed by atoms with Crippen LogP contribution in [0.15, 0.2) is 24.3 Å². The van der Waals surface area contributed by atoms with Gasteiger partial charge < -0.3 is 4.90 Å². The molecule has 1 aliphatic rings. The molecule has 1 heterocycles. The highest BCUT2D eigenvalue weighted by atomic mass is 16.1. The van der Waals surface area contributed by atoms with Gasteiger partial charge in [0.05, 0.1) is 0 Å². The van der Waals surface area contributed by atoms with Crippen molar-refractivity contribution in [2.45, 2.75) is 26.3 Å². The standard InChI is InChI=1S/C16H24N2O/c1-13-5-4-6-15(11-13)16(19)7-8-18-10-9-17(3)12-14(18)2/h4-6,11,14H,7-10,12H2,1-3H3. The lowest BCUT2D eigenvalue weighted by Gasteiger charge is -2.38. The van der Waals surface area contributed by atoms with E-state index in [0.29, 0.717) is 12.5 Å². The van der Waals surface area contributed by atoms with Crippen LogP contribution in [0.25, 0.3) is 0 Å². The van der Waals surface area contributed by atoms with Gasteiger partial charge in [0.25, 0.3) is 0 Å². The number of ketones is 1. The Morgan fingerprint density at radius 1 is 1.37 bits per heavy atom. The van der Waals surface area contributed by atoms with E-state index in [4.69, 9.17) is 0 Å². The average molecular weight is 260 g/mol. The van der Waals surface area contributed by atoms with Crippen LogP contribution in [0, 0.1) is 6.92 Å². The van der Waals surface area contributed by atoms with Gasteiger partial charge in [0.1, 0.15) is 0 Å². The summed E-state index contributed by atoms with van der Waals surface area (Å²) in [5.41, 5.74) is 2.00. The number of hydrogen-bond acceptors (Lipinski definition) is 3. The molecule has 0 N–H and O–H groups in total. The first-order valence-electron chi connectivity index (χ1n) is 7.08. The molecule has 1 aromatic rings. The van der Waals surface area contributed by atoms with Gasteiger partial charge in [-0.3, -0.25) is 9.69 Å². The minimum absolute atomic E-state index is 0.259. The third-order valence-electron chi connectivity index (χ3n) is 3.93. The summed E-state index contributed by atoms with van der Waals surface area (Å²) in [6.07, 6.45) is 0.623. The van der Waals surface area contributed by atoms with Crippen LogP contribution >= 0.6 is 0 Å². The number of aryl methyl sites for hydroxylation is 1. The highest BCUT2D eigenvalue weighted by Gasteiger charge is 2.21. The first-order valence-corrected chi connectivity index (χ1v) is 7.08. The zero-order chi connectivity index (χ0) is 13.8. The van der Waals surface area contributed by atoms with Gasteiger partial charge in [-0.2, -0.15) is 0 Å². The maximum Gasteiger partial charge on any atom is 0.164 e. The summed E-state index contributed by atoms with van der Waals surface area (Å²) >= 11 is 0. The molecule has 1 atom stereocenters. The van der Waals surface area contributed by atoms with Gasteiger partial charge in [-0.15, -0.1) is 0 Å². The number of benzene rings is 1. The van der Waals surface area contributed by atoms with Crippen LogP contribution in [0.5, 0.6) is 0 Å². The summed E-state index contributed by atoms with van der Waals surface area (Å²) < 4.78 is 0. The molecular formula is C16H24N2O. The second-order valence-electron chi connectivity index (χ2n) is 5.69. The largest absolute Gasteiger partial charge is 0.304 e. The van der Waals surface area contributed by atoms with E-state index in [1.807, 2.05) is 31.2 Å². The Balaban J connectivity index is 1.87. The number of piperazine rings is 1. The highest BCUT2D eigenvalue weighted by Crippen LogP contribution is 2.11. The second-order valence-corrected chi connectivity index (χ2v) is 5.69. The van der Waals surface area contributed by atoms with Gasteiger partial charge in [-0.25, -0.2) is 0 Å². The van der Waals surface area contributed by atoms with Crippen molar-refractivity contribution in [3.05, 3.63) is 35.4 Å². The smallest absolute Gasteiger partial charge is 0.164 e. The van der Waals surface area contributed by atoms with E-state index in [1.54, 1.807) is 0 Å². The highest BCUT2D eigenvalue weighted by molar-refractivity contribution is 5.96. The zero-order valence-electron chi connectivity index (χ0n) is 12.2. The number of rotatable bonds is 4. The summed E-state index contributed by atoms with van der Waals surface area (Å²) in [4.78, 5) is 16.9. The summed E-state index contributed by atoms with van der Waals surface area (Å²) in [7, 11) is 2.16. The van der Waals surface area contributed by atoms with Crippen LogP contribution in [-0.4, -0.2) is 54.9 Å². The van der Waals surface area contributed by atoms with E-state index in [2.05, 4.69) is 23.8 Å². The van der Waals surface area contributed by atoms with Crippen molar-refractivity contribution in [2.75, 3.05) is 33.2 Å². The molecule has 0 saturated carbocycles. The average Bonchev–Trinajstić information content (AvgIpc) is 2.37. The molecule has 0 spiro atoms. The lowest BCUT2D eigenvalue weighted by atomic mass is 10.0. The van der Waals surface area contributed by atoms with Crippen LogP contribution in [-0.2, 0) is 0 Å². The maximum atomic E-state index is 12.2. The normalized spacial score (nSPS) is 21.5. The predicted octanol–water partition coefficient (Wildman–Crippen LogP) is 2.20. The molecule has 19 heavy (non-hydrogen) atoms. The molecule has 0 bridgehead atoms. The predicted molar refractivity (Wildman–Crippen MR) is 78.7 cm³/mol. The summed E-state index contributed by atoms with van der Waals surface area (Å²) in [5.74, 6) is 0.259. The van der Waals surface area contributed by atoms with E-state index >= 15 is 0 Å². The van der Waals surface area contributed by atoms with E-state index in [9.17, 15) is 4.79 Å². The molecule has 3 heteroatoms. The molecule has 1 aliphatic heterocycles. The first-order chi connectivity index (χ1) is 9.06. The molecule has 0 radical (unpaired) electrons. The Morgan fingerprint density at radius 3 is 2.84 bits per heavy atom. The van der Waals surface area contributed by atoms with Gasteiger partial charge in [0, 0.05) is 44.2 Å². The van der Waals surface area contributed by atoms with Crippen LogP contribution in [0.3, 0.4) is 0 Å². The van der Waals surface area contributed by atoms with Gasteiger partial charge in [0.2, 0.25) is 0 Å². The summed E-state index contributed by atoms with van der Waals surface area (Å²) in [6.45, 7) is 8.41. The van der Waals surface area contributed by atoms with Crippen molar-refractivity contribution in [1.29, 1.82) is 0 Å². The Morgan fingerprint density at radius 2 is 2.16 bits per heavy atom. The lowest BCUT2D eigenvalue weighted by Crippen LogP contribution is -2.50. The molecule has 0 aromatic heterocycles. The third-order valence-corrected chi connectivity index (χ3v) is 3.93. The SMILES string of the molecule is Cc1cccc(C(=O)CCN2CCN(C)CC2C)c1.